The Labute approximate surface area is 71.9 Å². The Morgan fingerprint density at radius 2 is 2.17 bits per heavy atom. The molecule has 66 valence electrons. The molecule has 0 saturated heterocycles. The fourth-order valence-electron chi connectivity index (χ4n) is 1.15. The molecule has 0 radical (unpaired) electrons. The van der Waals surface area contributed by atoms with Gasteiger partial charge in [-0.05, 0) is 18.1 Å². The Morgan fingerprint density at radius 1 is 1.50 bits per heavy atom. The first kappa shape index (κ1) is 9.20. The van der Waals surface area contributed by atoms with Gasteiger partial charge in [-0.1, -0.05) is 25.1 Å². The SMILES string of the molecule is Cc1cccc(C(C)CO)c1F. The highest BCUT2D eigenvalue weighted by Gasteiger charge is 2.10. The van der Waals surface area contributed by atoms with Crippen LogP contribution < -0.4 is 0 Å². The maximum absolute atomic E-state index is 13.3. The second-order valence-electron chi connectivity index (χ2n) is 3.06. The van der Waals surface area contributed by atoms with E-state index in [0.717, 1.165) is 0 Å². The highest BCUT2D eigenvalue weighted by Crippen LogP contribution is 2.20. The molecule has 1 N–H and O–H groups in total. The molecule has 1 unspecified atom stereocenters. The lowest BCUT2D eigenvalue weighted by molar-refractivity contribution is 0.270. The normalized spacial score (nSPS) is 13.0. The van der Waals surface area contributed by atoms with Crippen LogP contribution in [0.15, 0.2) is 18.2 Å². The molecular weight excluding hydrogens is 155 g/mol. The van der Waals surface area contributed by atoms with Crippen LogP contribution in [-0.4, -0.2) is 11.7 Å². The number of hydrogen-bond donors (Lipinski definition) is 1. The first-order valence-corrected chi connectivity index (χ1v) is 4.02. The Morgan fingerprint density at radius 3 is 2.75 bits per heavy atom. The minimum Gasteiger partial charge on any atom is -0.396 e. The number of aliphatic hydroxyl groups is 1. The second-order valence-corrected chi connectivity index (χ2v) is 3.06. The fraction of sp³-hybridized carbons (Fsp3) is 0.400. The predicted octanol–water partition coefficient (Wildman–Crippen LogP) is 2.23. The zero-order valence-corrected chi connectivity index (χ0v) is 7.34. The highest BCUT2D eigenvalue weighted by molar-refractivity contribution is 5.27. The van der Waals surface area contributed by atoms with E-state index in [0.29, 0.717) is 11.1 Å². The Kier molecular flexibility index (Phi) is 2.82. The van der Waals surface area contributed by atoms with Gasteiger partial charge in [-0.3, -0.25) is 0 Å². The zero-order valence-electron chi connectivity index (χ0n) is 7.34. The molecule has 0 aliphatic rings. The van der Waals surface area contributed by atoms with Gasteiger partial charge in [0.15, 0.2) is 0 Å². The molecular formula is C10H13FO. The van der Waals surface area contributed by atoms with Crippen molar-refractivity contribution in [3.63, 3.8) is 0 Å². The molecule has 1 aromatic rings. The van der Waals surface area contributed by atoms with Crippen LogP contribution in [0.25, 0.3) is 0 Å². The van der Waals surface area contributed by atoms with Crippen LogP contribution in [0.5, 0.6) is 0 Å². The molecule has 2 heteroatoms. The summed E-state index contributed by atoms with van der Waals surface area (Å²) in [5, 5.41) is 8.84. The molecule has 0 saturated carbocycles. The minimum atomic E-state index is -0.195. The van der Waals surface area contributed by atoms with Crippen LogP contribution in [0.4, 0.5) is 4.39 Å². The summed E-state index contributed by atoms with van der Waals surface area (Å²) in [5.41, 5.74) is 1.23. The van der Waals surface area contributed by atoms with Crippen LogP contribution in [0.1, 0.15) is 24.0 Å². The van der Waals surface area contributed by atoms with Gasteiger partial charge in [0.25, 0.3) is 0 Å². The fourth-order valence-corrected chi connectivity index (χ4v) is 1.15. The van der Waals surface area contributed by atoms with E-state index >= 15 is 0 Å². The van der Waals surface area contributed by atoms with Crippen molar-refractivity contribution in [1.29, 1.82) is 0 Å². The van der Waals surface area contributed by atoms with Crippen molar-refractivity contribution in [1.82, 2.24) is 0 Å². The van der Waals surface area contributed by atoms with Crippen LogP contribution in [0.3, 0.4) is 0 Å². The van der Waals surface area contributed by atoms with E-state index in [1.165, 1.54) is 0 Å². The van der Waals surface area contributed by atoms with Crippen LogP contribution in [0, 0.1) is 12.7 Å². The number of aliphatic hydroxyl groups excluding tert-OH is 1. The quantitative estimate of drug-likeness (QED) is 0.718. The maximum atomic E-state index is 13.3. The molecule has 12 heavy (non-hydrogen) atoms. The van der Waals surface area contributed by atoms with Crippen LogP contribution in [0.2, 0.25) is 0 Å². The molecule has 0 aromatic heterocycles. The van der Waals surface area contributed by atoms with Gasteiger partial charge in [0.1, 0.15) is 5.82 Å². The van der Waals surface area contributed by atoms with Crippen molar-refractivity contribution in [3.05, 3.63) is 35.1 Å². The van der Waals surface area contributed by atoms with E-state index in [2.05, 4.69) is 0 Å². The maximum Gasteiger partial charge on any atom is 0.129 e. The summed E-state index contributed by atoms with van der Waals surface area (Å²) in [6.07, 6.45) is 0. The highest BCUT2D eigenvalue weighted by atomic mass is 19.1. The van der Waals surface area contributed by atoms with Crippen molar-refractivity contribution in [2.75, 3.05) is 6.61 Å². The summed E-state index contributed by atoms with van der Waals surface area (Å²) >= 11 is 0. The lowest BCUT2D eigenvalue weighted by Gasteiger charge is -2.10. The van der Waals surface area contributed by atoms with Crippen molar-refractivity contribution in [2.45, 2.75) is 19.8 Å². The van der Waals surface area contributed by atoms with Crippen molar-refractivity contribution < 1.29 is 9.50 Å². The molecule has 1 nitrogen and oxygen atoms in total. The predicted molar refractivity (Wildman–Crippen MR) is 46.6 cm³/mol. The first-order chi connectivity index (χ1) is 5.66. The topological polar surface area (TPSA) is 20.2 Å². The van der Waals surface area contributed by atoms with E-state index in [4.69, 9.17) is 5.11 Å². The van der Waals surface area contributed by atoms with E-state index in [1.807, 2.05) is 0 Å². The van der Waals surface area contributed by atoms with Crippen molar-refractivity contribution in [2.24, 2.45) is 0 Å². The van der Waals surface area contributed by atoms with Crippen LogP contribution >= 0.6 is 0 Å². The zero-order chi connectivity index (χ0) is 9.14. The van der Waals surface area contributed by atoms with Crippen LogP contribution in [-0.2, 0) is 0 Å². The summed E-state index contributed by atoms with van der Waals surface area (Å²) < 4.78 is 13.3. The lowest BCUT2D eigenvalue weighted by Crippen LogP contribution is -2.02. The number of benzene rings is 1. The van der Waals surface area contributed by atoms with Gasteiger partial charge in [-0.2, -0.15) is 0 Å². The largest absolute Gasteiger partial charge is 0.396 e. The average molecular weight is 168 g/mol. The molecule has 0 heterocycles. The Balaban J connectivity index is 3.07. The summed E-state index contributed by atoms with van der Waals surface area (Å²) in [6.45, 7) is 3.52. The number of halogens is 1. The summed E-state index contributed by atoms with van der Waals surface area (Å²) in [4.78, 5) is 0. The third kappa shape index (κ3) is 1.64. The Bertz CT molecular complexity index is 271. The molecule has 0 spiro atoms. The first-order valence-electron chi connectivity index (χ1n) is 4.02. The molecule has 0 bridgehead atoms. The molecule has 0 amide bonds. The molecule has 1 aromatic carbocycles. The van der Waals surface area contributed by atoms with Gasteiger partial charge in [0, 0.05) is 12.5 Å². The Hall–Kier alpha value is -0.890. The van der Waals surface area contributed by atoms with Gasteiger partial charge >= 0.3 is 0 Å². The second kappa shape index (κ2) is 3.68. The molecule has 1 rings (SSSR count). The van der Waals surface area contributed by atoms with Gasteiger partial charge in [0.05, 0.1) is 0 Å². The lowest BCUT2D eigenvalue weighted by atomic mass is 9.99. The van der Waals surface area contributed by atoms with Gasteiger partial charge < -0.3 is 5.11 Å². The van der Waals surface area contributed by atoms with E-state index in [9.17, 15) is 4.39 Å². The van der Waals surface area contributed by atoms with Gasteiger partial charge in [0.2, 0.25) is 0 Å². The van der Waals surface area contributed by atoms with Gasteiger partial charge in [-0.25, -0.2) is 4.39 Å². The third-order valence-corrected chi connectivity index (χ3v) is 2.03. The van der Waals surface area contributed by atoms with E-state index in [-0.39, 0.29) is 18.3 Å². The third-order valence-electron chi connectivity index (χ3n) is 2.03. The summed E-state index contributed by atoms with van der Waals surface area (Å²) in [7, 11) is 0. The van der Waals surface area contributed by atoms with Crippen molar-refractivity contribution in [3.8, 4) is 0 Å². The molecule has 0 fully saturated rings. The molecule has 1 atom stereocenters. The molecule has 0 aliphatic carbocycles. The standard InChI is InChI=1S/C10H13FO/c1-7-4-3-5-9(10(7)11)8(2)6-12/h3-5,8,12H,6H2,1-2H3. The monoisotopic (exact) mass is 168 g/mol. The van der Waals surface area contributed by atoms with E-state index in [1.54, 1.807) is 32.0 Å². The number of rotatable bonds is 2. The summed E-state index contributed by atoms with van der Waals surface area (Å²) in [6, 6.07) is 5.24. The van der Waals surface area contributed by atoms with Gasteiger partial charge in [-0.15, -0.1) is 0 Å². The average Bonchev–Trinajstić information content (AvgIpc) is 2.08. The summed E-state index contributed by atoms with van der Waals surface area (Å²) in [5.74, 6) is -0.316. The number of aryl methyl sites for hydroxylation is 1. The minimum absolute atomic E-state index is 0.0135. The number of hydrogen-bond acceptors (Lipinski definition) is 1. The van der Waals surface area contributed by atoms with E-state index < -0.39 is 0 Å². The molecule has 0 aliphatic heterocycles. The van der Waals surface area contributed by atoms with Crippen molar-refractivity contribution >= 4 is 0 Å². The smallest absolute Gasteiger partial charge is 0.129 e.